The number of nitrogens with one attached hydrogen (secondary N) is 1. The van der Waals surface area contributed by atoms with Crippen LogP contribution < -0.4 is 11.0 Å². The van der Waals surface area contributed by atoms with Crippen molar-refractivity contribution in [3.63, 3.8) is 0 Å². The van der Waals surface area contributed by atoms with Gasteiger partial charge in [-0.05, 0) is 36.8 Å². The van der Waals surface area contributed by atoms with Crippen LogP contribution in [0.1, 0.15) is 22.9 Å². The minimum absolute atomic E-state index is 0.208. The minimum atomic E-state index is -4.50. The Morgan fingerprint density at radius 1 is 1.12 bits per heavy atom. The Morgan fingerprint density at radius 2 is 1.78 bits per heavy atom. The number of aryl methyl sites for hydroxylation is 1. The smallest absolute Gasteiger partial charge is 0.296 e. The Hall–Kier alpha value is -3.40. The van der Waals surface area contributed by atoms with Gasteiger partial charge in [-0.25, -0.2) is 9.99 Å². The first kappa shape index (κ1) is 21.8. The van der Waals surface area contributed by atoms with Crippen LogP contribution in [0.25, 0.3) is 11.0 Å². The van der Waals surface area contributed by atoms with Gasteiger partial charge in [-0.1, -0.05) is 24.3 Å². The molecule has 0 bridgehead atoms. The fourth-order valence-corrected chi connectivity index (χ4v) is 3.92. The normalized spacial score (nSPS) is 18.5. The van der Waals surface area contributed by atoms with Crippen LogP contribution in [-0.4, -0.2) is 31.8 Å². The summed E-state index contributed by atoms with van der Waals surface area (Å²) in [6.45, 7) is 1.14. The monoisotopic (exact) mass is 464 g/mol. The van der Waals surface area contributed by atoms with Gasteiger partial charge in [0.15, 0.2) is 0 Å². The van der Waals surface area contributed by atoms with E-state index in [1.807, 2.05) is 0 Å². The molecule has 1 aromatic heterocycles. The number of para-hydroxylation sites is 2. The molecular weight excluding hydrogens is 449 g/mol. The van der Waals surface area contributed by atoms with E-state index in [4.69, 9.17) is 11.6 Å². The van der Waals surface area contributed by atoms with E-state index in [1.54, 1.807) is 24.3 Å². The summed E-state index contributed by atoms with van der Waals surface area (Å²) in [7, 11) is 0. The van der Waals surface area contributed by atoms with Crippen molar-refractivity contribution in [3.05, 3.63) is 75.7 Å². The molecular formula is C21H16ClF3N4O3. The second kappa shape index (κ2) is 7.94. The topological polar surface area (TPSA) is 84.3 Å². The molecule has 1 N–H and O–H groups in total. The van der Waals surface area contributed by atoms with Gasteiger partial charge in [0.1, 0.15) is 23.7 Å². The van der Waals surface area contributed by atoms with Crippen LogP contribution in [0.2, 0.25) is 0 Å². The third-order valence-electron chi connectivity index (χ3n) is 5.17. The van der Waals surface area contributed by atoms with Crippen LogP contribution in [0, 0.1) is 6.92 Å². The highest BCUT2D eigenvalue weighted by molar-refractivity contribution is 6.33. The van der Waals surface area contributed by atoms with E-state index in [1.165, 1.54) is 23.6 Å². The predicted octanol–water partition coefficient (Wildman–Crippen LogP) is 2.95. The molecule has 2 amide bonds. The van der Waals surface area contributed by atoms with Gasteiger partial charge in [0.2, 0.25) is 0 Å². The number of β-lactam (4-membered cyclic amide) rings is 1. The molecule has 0 saturated carbocycles. The van der Waals surface area contributed by atoms with E-state index in [0.717, 1.165) is 17.1 Å². The van der Waals surface area contributed by atoms with E-state index in [9.17, 15) is 27.6 Å². The quantitative estimate of drug-likeness (QED) is 0.475. The van der Waals surface area contributed by atoms with Crippen molar-refractivity contribution in [1.29, 1.82) is 0 Å². The molecule has 0 aliphatic carbocycles. The summed E-state index contributed by atoms with van der Waals surface area (Å²) < 4.78 is 39.6. The minimum Gasteiger partial charge on any atom is -0.296 e. The zero-order chi connectivity index (χ0) is 23.2. The third kappa shape index (κ3) is 3.81. The van der Waals surface area contributed by atoms with Crippen LogP contribution in [0.4, 0.5) is 13.2 Å². The number of halogens is 4. The van der Waals surface area contributed by atoms with Crippen molar-refractivity contribution in [2.24, 2.45) is 0 Å². The number of alkyl halides is 4. The fourth-order valence-electron chi connectivity index (χ4n) is 3.56. The second-order valence-corrected chi connectivity index (χ2v) is 7.76. The number of aromatic nitrogens is 2. The number of hydrazine groups is 1. The number of carbonyl (C=O) groups is 2. The standard InChI is InChI=1S/C21H16ClF3N4O3/c1-11-19(31)28(15-5-3-2-4-14(15)26-11)10-16(30)27-29-18(17(22)20(29)32)12-6-8-13(9-7-12)21(23,24)25/h2-9,17-18H,10H2,1H3,(H,27,30). The van der Waals surface area contributed by atoms with Crippen molar-refractivity contribution in [3.8, 4) is 0 Å². The third-order valence-corrected chi connectivity index (χ3v) is 5.60. The maximum atomic E-state index is 12.8. The molecule has 3 aromatic rings. The molecule has 2 atom stereocenters. The summed E-state index contributed by atoms with van der Waals surface area (Å²) in [5.74, 6) is -1.27. The zero-order valence-corrected chi connectivity index (χ0v) is 17.3. The summed E-state index contributed by atoms with van der Waals surface area (Å²) in [6, 6.07) is 10.1. The molecule has 1 saturated heterocycles. The van der Waals surface area contributed by atoms with E-state index in [2.05, 4.69) is 10.4 Å². The van der Waals surface area contributed by atoms with Crippen molar-refractivity contribution in [2.75, 3.05) is 0 Å². The molecule has 32 heavy (non-hydrogen) atoms. The summed E-state index contributed by atoms with van der Waals surface area (Å²) in [4.78, 5) is 41.6. The molecule has 1 fully saturated rings. The van der Waals surface area contributed by atoms with Crippen molar-refractivity contribution < 1.29 is 22.8 Å². The molecule has 2 unspecified atom stereocenters. The maximum Gasteiger partial charge on any atom is 0.416 e. The van der Waals surface area contributed by atoms with E-state index in [-0.39, 0.29) is 12.2 Å². The Labute approximate surface area is 184 Å². The molecule has 0 radical (unpaired) electrons. The highest BCUT2D eigenvalue weighted by atomic mass is 35.5. The van der Waals surface area contributed by atoms with E-state index in [0.29, 0.717) is 16.6 Å². The van der Waals surface area contributed by atoms with Gasteiger partial charge in [0, 0.05) is 0 Å². The average Bonchev–Trinajstić information content (AvgIpc) is 2.76. The van der Waals surface area contributed by atoms with Gasteiger partial charge in [0.05, 0.1) is 16.6 Å². The summed E-state index contributed by atoms with van der Waals surface area (Å²) in [5.41, 5.74) is 2.63. The lowest BCUT2D eigenvalue weighted by molar-refractivity contribution is -0.156. The summed E-state index contributed by atoms with van der Waals surface area (Å²) in [5, 5.41) is -0.0806. The van der Waals surface area contributed by atoms with Gasteiger partial charge >= 0.3 is 6.18 Å². The SMILES string of the molecule is Cc1nc2ccccc2n(CC(=O)NN2C(=O)C(Cl)C2c2ccc(C(F)(F)F)cc2)c1=O. The van der Waals surface area contributed by atoms with Crippen LogP contribution in [0.5, 0.6) is 0 Å². The molecule has 166 valence electrons. The first-order valence-corrected chi connectivity index (χ1v) is 9.91. The molecule has 2 heterocycles. The number of amides is 2. The van der Waals surface area contributed by atoms with E-state index < -0.39 is 40.5 Å². The lowest BCUT2D eigenvalue weighted by Crippen LogP contribution is -2.63. The largest absolute Gasteiger partial charge is 0.416 e. The zero-order valence-electron chi connectivity index (χ0n) is 16.6. The number of carbonyl (C=O) groups excluding carboxylic acids is 2. The maximum absolute atomic E-state index is 12.8. The molecule has 0 spiro atoms. The Balaban J connectivity index is 1.56. The number of fused-ring (bicyclic) bond motifs is 1. The lowest BCUT2D eigenvalue weighted by Gasteiger charge is -2.44. The molecule has 4 rings (SSSR count). The average molecular weight is 465 g/mol. The molecule has 1 aliphatic rings. The Kier molecular flexibility index (Phi) is 5.41. The predicted molar refractivity (Wildman–Crippen MR) is 110 cm³/mol. The van der Waals surface area contributed by atoms with Gasteiger partial charge in [-0.2, -0.15) is 13.2 Å². The number of hydrogen-bond donors (Lipinski definition) is 1. The molecule has 11 heteroatoms. The first-order chi connectivity index (χ1) is 15.1. The van der Waals surface area contributed by atoms with Crippen molar-refractivity contribution in [1.82, 2.24) is 20.0 Å². The number of hydrogen-bond acceptors (Lipinski definition) is 4. The van der Waals surface area contributed by atoms with Crippen LogP contribution in [0.3, 0.4) is 0 Å². The van der Waals surface area contributed by atoms with Crippen LogP contribution >= 0.6 is 11.6 Å². The van der Waals surface area contributed by atoms with Gasteiger partial charge in [-0.3, -0.25) is 24.4 Å². The highest BCUT2D eigenvalue weighted by Gasteiger charge is 2.48. The summed E-state index contributed by atoms with van der Waals surface area (Å²) in [6.07, 6.45) is -4.50. The first-order valence-electron chi connectivity index (χ1n) is 9.48. The van der Waals surface area contributed by atoms with Crippen molar-refractivity contribution >= 4 is 34.4 Å². The molecule has 1 aliphatic heterocycles. The lowest BCUT2D eigenvalue weighted by atomic mass is 9.94. The summed E-state index contributed by atoms with van der Waals surface area (Å²) >= 11 is 6.06. The number of benzene rings is 2. The molecule has 2 aromatic carbocycles. The van der Waals surface area contributed by atoms with Crippen LogP contribution in [-0.2, 0) is 22.3 Å². The van der Waals surface area contributed by atoms with Gasteiger partial charge < -0.3 is 0 Å². The Morgan fingerprint density at radius 3 is 2.44 bits per heavy atom. The molecule has 7 nitrogen and oxygen atoms in total. The fraction of sp³-hybridized carbons (Fsp3) is 0.238. The van der Waals surface area contributed by atoms with E-state index >= 15 is 0 Å². The number of rotatable bonds is 4. The second-order valence-electron chi connectivity index (χ2n) is 7.29. The van der Waals surface area contributed by atoms with Crippen molar-refractivity contribution in [2.45, 2.75) is 31.1 Å². The Bertz CT molecular complexity index is 1270. The van der Waals surface area contributed by atoms with Crippen LogP contribution in [0.15, 0.2) is 53.3 Å². The number of nitrogens with zero attached hydrogens (tertiary/aromatic N) is 3. The van der Waals surface area contributed by atoms with Gasteiger partial charge in [-0.15, -0.1) is 11.6 Å². The highest BCUT2D eigenvalue weighted by Crippen LogP contribution is 2.38. The van der Waals surface area contributed by atoms with Gasteiger partial charge in [0.25, 0.3) is 17.4 Å².